The highest BCUT2D eigenvalue weighted by Crippen LogP contribution is 2.25. The fourth-order valence-electron chi connectivity index (χ4n) is 1.76. The van der Waals surface area contributed by atoms with Gasteiger partial charge in [-0.25, -0.2) is 0 Å². The van der Waals surface area contributed by atoms with E-state index >= 15 is 0 Å². The second kappa shape index (κ2) is 4.93. The van der Waals surface area contributed by atoms with E-state index in [0.29, 0.717) is 19.4 Å². The zero-order valence-electron chi connectivity index (χ0n) is 8.43. The predicted molar refractivity (Wildman–Crippen MR) is 53.1 cm³/mol. The van der Waals surface area contributed by atoms with E-state index in [1.54, 1.807) is 0 Å². The van der Waals surface area contributed by atoms with Gasteiger partial charge < -0.3 is 25.6 Å². The molecule has 1 aliphatic heterocycles. The van der Waals surface area contributed by atoms with Crippen LogP contribution in [0, 0.1) is 5.92 Å². The van der Waals surface area contributed by atoms with Crippen LogP contribution in [-0.2, 0) is 9.53 Å². The highest BCUT2D eigenvalue weighted by molar-refractivity contribution is 6.40. The smallest absolute Gasteiger partial charge is 0.451 e. The molecule has 0 aromatic rings. The number of carbonyl (C=O) groups is 1. The molecule has 1 fully saturated rings. The first-order chi connectivity index (χ1) is 6.94. The summed E-state index contributed by atoms with van der Waals surface area (Å²) in [7, 11) is -1.36. The molecule has 0 saturated carbocycles. The SMILES string of the molecule is N[C@@]1(C(=O)O)COCC(CCB(O)O)C1. The van der Waals surface area contributed by atoms with E-state index in [9.17, 15) is 4.79 Å². The Bertz CT molecular complexity index is 237. The van der Waals surface area contributed by atoms with Crippen molar-refractivity contribution in [1.29, 1.82) is 0 Å². The maximum Gasteiger partial charge on any atom is 0.451 e. The molecule has 5 N–H and O–H groups in total. The number of hydrogen-bond acceptors (Lipinski definition) is 5. The molecule has 0 aromatic carbocycles. The van der Waals surface area contributed by atoms with Gasteiger partial charge in [-0.3, -0.25) is 4.79 Å². The Morgan fingerprint density at radius 1 is 1.60 bits per heavy atom. The molecule has 0 aromatic heterocycles. The Hall–Kier alpha value is -0.625. The van der Waals surface area contributed by atoms with Gasteiger partial charge in [0.2, 0.25) is 0 Å². The minimum absolute atomic E-state index is 0.0144. The van der Waals surface area contributed by atoms with Gasteiger partial charge in [0, 0.05) is 6.61 Å². The number of aliphatic carboxylic acids is 1. The maximum atomic E-state index is 10.9. The van der Waals surface area contributed by atoms with Crippen LogP contribution in [0.1, 0.15) is 12.8 Å². The zero-order valence-corrected chi connectivity index (χ0v) is 8.43. The van der Waals surface area contributed by atoms with Crippen LogP contribution in [-0.4, -0.2) is 47.0 Å². The quantitative estimate of drug-likeness (QED) is 0.434. The second-order valence-corrected chi connectivity index (χ2v) is 4.10. The van der Waals surface area contributed by atoms with Crippen molar-refractivity contribution in [1.82, 2.24) is 0 Å². The summed E-state index contributed by atoms with van der Waals surface area (Å²) in [5.74, 6) is -1.10. The fraction of sp³-hybridized carbons (Fsp3) is 0.875. The largest absolute Gasteiger partial charge is 0.480 e. The summed E-state index contributed by atoms with van der Waals surface area (Å²) < 4.78 is 5.12. The first-order valence-electron chi connectivity index (χ1n) is 4.90. The first kappa shape index (κ1) is 12.4. The minimum Gasteiger partial charge on any atom is -0.480 e. The Morgan fingerprint density at radius 3 is 2.80 bits per heavy atom. The molecule has 86 valence electrons. The van der Waals surface area contributed by atoms with Gasteiger partial charge in [0.25, 0.3) is 0 Å². The van der Waals surface area contributed by atoms with Crippen molar-refractivity contribution < 1.29 is 24.7 Å². The summed E-state index contributed by atoms with van der Waals surface area (Å²) in [6, 6.07) is 0. The summed E-state index contributed by atoms with van der Waals surface area (Å²) in [4.78, 5) is 10.9. The Morgan fingerprint density at radius 2 is 2.27 bits per heavy atom. The van der Waals surface area contributed by atoms with E-state index in [2.05, 4.69) is 0 Å². The predicted octanol–water partition coefficient (Wildman–Crippen LogP) is -1.33. The Kier molecular flexibility index (Phi) is 4.09. The van der Waals surface area contributed by atoms with E-state index in [-0.39, 0.29) is 18.8 Å². The summed E-state index contributed by atoms with van der Waals surface area (Å²) in [6.07, 6.45) is 1.03. The maximum absolute atomic E-state index is 10.9. The fourth-order valence-corrected chi connectivity index (χ4v) is 1.76. The standard InChI is InChI=1S/C8H16BNO5/c10-8(7(11)12)3-6(4-15-5-8)1-2-9(13)14/h6,13-14H,1-5,10H2,(H,11,12)/t6?,8-/m1/s1. The van der Waals surface area contributed by atoms with Crippen LogP contribution in [0.2, 0.25) is 6.32 Å². The van der Waals surface area contributed by atoms with Crippen LogP contribution in [0.15, 0.2) is 0 Å². The van der Waals surface area contributed by atoms with Crippen LogP contribution >= 0.6 is 0 Å². The lowest BCUT2D eigenvalue weighted by atomic mass is 9.77. The van der Waals surface area contributed by atoms with E-state index in [0.717, 1.165) is 0 Å². The van der Waals surface area contributed by atoms with Crippen molar-refractivity contribution in [3.63, 3.8) is 0 Å². The number of hydrogen-bond donors (Lipinski definition) is 4. The van der Waals surface area contributed by atoms with Gasteiger partial charge in [-0.1, -0.05) is 0 Å². The van der Waals surface area contributed by atoms with Crippen LogP contribution < -0.4 is 5.73 Å². The molecule has 6 nitrogen and oxygen atoms in total. The monoisotopic (exact) mass is 217 g/mol. The summed E-state index contributed by atoms with van der Waals surface area (Å²) in [5, 5.41) is 26.3. The van der Waals surface area contributed by atoms with Crippen LogP contribution in [0.25, 0.3) is 0 Å². The zero-order chi connectivity index (χ0) is 11.5. The molecule has 1 unspecified atom stereocenters. The molecule has 1 aliphatic rings. The lowest BCUT2D eigenvalue weighted by molar-refractivity contribution is -0.150. The molecule has 1 saturated heterocycles. The van der Waals surface area contributed by atoms with Crippen LogP contribution in [0.3, 0.4) is 0 Å². The molecule has 2 atom stereocenters. The molecule has 7 heteroatoms. The first-order valence-corrected chi connectivity index (χ1v) is 4.90. The van der Waals surface area contributed by atoms with Gasteiger partial charge in [-0.15, -0.1) is 0 Å². The molecule has 1 rings (SSSR count). The van der Waals surface area contributed by atoms with Crippen molar-refractivity contribution in [2.45, 2.75) is 24.7 Å². The van der Waals surface area contributed by atoms with E-state index < -0.39 is 18.6 Å². The highest BCUT2D eigenvalue weighted by Gasteiger charge is 2.40. The summed E-state index contributed by atoms with van der Waals surface area (Å²) in [6.45, 7) is 0.444. The molecular weight excluding hydrogens is 201 g/mol. The molecule has 0 spiro atoms. The third-order valence-electron chi connectivity index (χ3n) is 2.63. The van der Waals surface area contributed by atoms with E-state index in [4.69, 9.17) is 25.6 Å². The average Bonchev–Trinajstić information content (AvgIpc) is 2.15. The number of nitrogens with two attached hydrogens (primary N) is 1. The van der Waals surface area contributed by atoms with Crippen LogP contribution in [0.4, 0.5) is 0 Å². The molecule has 15 heavy (non-hydrogen) atoms. The van der Waals surface area contributed by atoms with Crippen LogP contribution in [0.5, 0.6) is 0 Å². The highest BCUT2D eigenvalue weighted by atomic mass is 16.5. The molecular formula is C8H16BNO5. The average molecular weight is 217 g/mol. The van der Waals surface area contributed by atoms with Crippen molar-refractivity contribution in [3.05, 3.63) is 0 Å². The summed E-state index contributed by atoms with van der Waals surface area (Å²) >= 11 is 0. The van der Waals surface area contributed by atoms with Gasteiger partial charge >= 0.3 is 13.1 Å². The topological polar surface area (TPSA) is 113 Å². The molecule has 0 aliphatic carbocycles. The molecule has 0 radical (unpaired) electrons. The third kappa shape index (κ3) is 3.46. The Balaban J connectivity index is 2.45. The third-order valence-corrected chi connectivity index (χ3v) is 2.63. The van der Waals surface area contributed by atoms with E-state index in [1.807, 2.05) is 0 Å². The number of ether oxygens (including phenoxy) is 1. The number of carboxylic acid groups (broad SMARTS) is 1. The lowest BCUT2D eigenvalue weighted by Gasteiger charge is -2.34. The van der Waals surface area contributed by atoms with Crippen molar-refractivity contribution in [3.8, 4) is 0 Å². The molecule has 0 bridgehead atoms. The van der Waals surface area contributed by atoms with Crippen molar-refractivity contribution in [2.75, 3.05) is 13.2 Å². The van der Waals surface area contributed by atoms with Crippen molar-refractivity contribution in [2.24, 2.45) is 11.7 Å². The van der Waals surface area contributed by atoms with Gasteiger partial charge in [0.15, 0.2) is 0 Å². The number of rotatable bonds is 4. The minimum atomic E-state index is -1.36. The van der Waals surface area contributed by atoms with Gasteiger partial charge in [0.05, 0.1) is 6.61 Å². The Labute approximate surface area is 88.2 Å². The number of carboxylic acids is 1. The summed E-state index contributed by atoms with van der Waals surface area (Å²) in [5.41, 5.74) is 4.32. The van der Waals surface area contributed by atoms with E-state index in [1.165, 1.54) is 0 Å². The lowest BCUT2D eigenvalue weighted by Crippen LogP contribution is -2.56. The van der Waals surface area contributed by atoms with Gasteiger partial charge in [0.1, 0.15) is 5.54 Å². The molecule has 1 heterocycles. The van der Waals surface area contributed by atoms with Gasteiger partial charge in [-0.05, 0) is 25.1 Å². The van der Waals surface area contributed by atoms with Gasteiger partial charge in [-0.2, -0.15) is 0 Å². The normalized spacial score (nSPS) is 31.3. The molecule has 0 amide bonds. The van der Waals surface area contributed by atoms with Crippen molar-refractivity contribution >= 4 is 13.1 Å². The second-order valence-electron chi connectivity index (χ2n) is 4.10.